The molecule has 110 valence electrons. The number of aromatic nitrogens is 2. The van der Waals surface area contributed by atoms with Crippen LogP contribution in [0.3, 0.4) is 0 Å². The van der Waals surface area contributed by atoms with E-state index in [4.69, 9.17) is 4.74 Å². The average molecular weight is 277 g/mol. The summed E-state index contributed by atoms with van der Waals surface area (Å²) in [5.74, 6) is 0.518. The molecule has 2 atom stereocenters. The molecule has 5 heteroatoms. The van der Waals surface area contributed by atoms with Gasteiger partial charge in [0.25, 0.3) is 0 Å². The van der Waals surface area contributed by atoms with Gasteiger partial charge in [0, 0.05) is 18.4 Å². The minimum absolute atomic E-state index is 0.0239. The fourth-order valence-corrected chi connectivity index (χ4v) is 2.48. The normalized spacial score (nSPS) is 23.1. The van der Waals surface area contributed by atoms with Gasteiger partial charge in [-0.15, -0.1) is 0 Å². The summed E-state index contributed by atoms with van der Waals surface area (Å²) < 4.78 is 5.48. The summed E-state index contributed by atoms with van der Waals surface area (Å²) in [4.78, 5) is 20.5. The van der Waals surface area contributed by atoms with E-state index in [2.05, 4.69) is 15.3 Å². The molecule has 2 rings (SSSR count). The SMILES string of the molecule is CC(C)(C)OC(=O)[C@@H]1CCC[C@H](Nc2ncccn2)C1. The second-order valence-electron chi connectivity index (χ2n) is 6.31. The van der Waals surface area contributed by atoms with Crippen molar-refractivity contribution in [2.45, 2.75) is 58.1 Å². The minimum Gasteiger partial charge on any atom is -0.460 e. The van der Waals surface area contributed by atoms with E-state index in [1.165, 1.54) is 0 Å². The first kappa shape index (κ1) is 14.8. The topological polar surface area (TPSA) is 64.1 Å². The number of nitrogens with one attached hydrogen (secondary N) is 1. The van der Waals surface area contributed by atoms with Crippen LogP contribution < -0.4 is 5.32 Å². The molecule has 0 spiro atoms. The van der Waals surface area contributed by atoms with Crippen molar-refractivity contribution in [3.63, 3.8) is 0 Å². The molecule has 0 bridgehead atoms. The molecule has 1 saturated carbocycles. The molecular weight excluding hydrogens is 254 g/mol. The van der Waals surface area contributed by atoms with E-state index < -0.39 is 5.60 Å². The summed E-state index contributed by atoms with van der Waals surface area (Å²) >= 11 is 0. The van der Waals surface area contributed by atoms with Gasteiger partial charge in [-0.3, -0.25) is 4.79 Å². The van der Waals surface area contributed by atoms with Crippen LogP contribution in [0.15, 0.2) is 18.5 Å². The lowest BCUT2D eigenvalue weighted by molar-refractivity contribution is -0.161. The zero-order chi connectivity index (χ0) is 14.6. The van der Waals surface area contributed by atoms with Gasteiger partial charge in [-0.2, -0.15) is 0 Å². The molecule has 1 aromatic rings. The standard InChI is InChI=1S/C15H23N3O2/c1-15(2,3)20-13(19)11-6-4-7-12(10-11)18-14-16-8-5-9-17-14/h5,8-9,11-12H,4,6-7,10H2,1-3H3,(H,16,17,18)/t11-,12+/m1/s1. The Bertz CT molecular complexity index is 442. The van der Waals surface area contributed by atoms with Crippen molar-refractivity contribution >= 4 is 11.9 Å². The third-order valence-corrected chi connectivity index (χ3v) is 3.31. The zero-order valence-corrected chi connectivity index (χ0v) is 12.4. The Morgan fingerprint density at radius 1 is 1.30 bits per heavy atom. The Labute approximate surface area is 120 Å². The number of carbonyl (C=O) groups excluding carboxylic acids is 1. The lowest BCUT2D eigenvalue weighted by atomic mass is 9.85. The minimum atomic E-state index is -0.417. The summed E-state index contributed by atoms with van der Waals surface area (Å²) in [5.41, 5.74) is -0.417. The smallest absolute Gasteiger partial charge is 0.309 e. The van der Waals surface area contributed by atoms with Crippen molar-refractivity contribution in [1.29, 1.82) is 0 Å². The highest BCUT2D eigenvalue weighted by Gasteiger charge is 2.30. The fourth-order valence-electron chi connectivity index (χ4n) is 2.48. The van der Waals surface area contributed by atoms with Crippen LogP contribution >= 0.6 is 0 Å². The van der Waals surface area contributed by atoms with E-state index >= 15 is 0 Å². The number of nitrogens with zero attached hydrogens (tertiary/aromatic N) is 2. The van der Waals surface area contributed by atoms with E-state index in [-0.39, 0.29) is 17.9 Å². The number of anilines is 1. The molecule has 0 aromatic carbocycles. The third-order valence-electron chi connectivity index (χ3n) is 3.31. The van der Waals surface area contributed by atoms with Crippen molar-refractivity contribution in [2.75, 3.05) is 5.32 Å². The first-order valence-corrected chi connectivity index (χ1v) is 7.20. The second-order valence-corrected chi connectivity index (χ2v) is 6.31. The maximum atomic E-state index is 12.1. The summed E-state index contributed by atoms with van der Waals surface area (Å²) in [5, 5.41) is 3.30. The quantitative estimate of drug-likeness (QED) is 0.861. The highest BCUT2D eigenvalue weighted by molar-refractivity contribution is 5.73. The number of rotatable bonds is 3. The molecule has 0 amide bonds. The average Bonchev–Trinajstić information content (AvgIpc) is 2.38. The van der Waals surface area contributed by atoms with Gasteiger partial charge < -0.3 is 10.1 Å². The predicted molar refractivity (Wildman–Crippen MR) is 77.2 cm³/mol. The molecular formula is C15H23N3O2. The van der Waals surface area contributed by atoms with Crippen molar-refractivity contribution in [3.8, 4) is 0 Å². The maximum Gasteiger partial charge on any atom is 0.309 e. The molecule has 1 aliphatic rings. The lowest BCUT2D eigenvalue weighted by Gasteiger charge is -2.30. The molecule has 0 radical (unpaired) electrons. The molecule has 1 aromatic heterocycles. The maximum absolute atomic E-state index is 12.1. The Hall–Kier alpha value is -1.65. The largest absolute Gasteiger partial charge is 0.460 e. The number of esters is 1. The van der Waals surface area contributed by atoms with Crippen LogP contribution in [0.1, 0.15) is 46.5 Å². The van der Waals surface area contributed by atoms with Crippen molar-refractivity contribution in [1.82, 2.24) is 9.97 Å². The molecule has 1 heterocycles. The summed E-state index contributed by atoms with van der Waals surface area (Å²) in [6.45, 7) is 5.71. The molecule has 20 heavy (non-hydrogen) atoms. The number of hydrogen-bond acceptors (Lipinski definition) is 5. The highest BCUT2D eigenvalue weighted by Crippen LogP contribution is 2.28. The van der Waals surface area contributed by atoms with Crippen molar-refractivity contribution < 1.29 is 9.53 Å². The zero-order valence-electron chi connectivity index (χ0n) is 12.4. The van der Waals surface area contributed by atoms with Crippen LogP contribution in [0.5, 0.6) is 0 Å². The summed E-state index contributed by atoms with van der Waals surface area (Å²) in [6, 6.07) is 2.03. The molecule has 5 nitrogen and oxygen atoms in total. The molecule has 0 aliphatic heterocycles. The monoisotopic (exact) mass is 277 g/mol. The molecule has 1 fully saturated rings. The van der Waals surface area contributed by atoms with Gasteiger partial charge in [0.2, 0.25) is 5.95 Å². The Kier molecular flexibility index (Phi) is 4.57. The van der Waals surface area contributed by atoms with Gasteiger partial charge in [0.1, 0.15) is 5.60 Å². The second kappa shape index (κ2) is 6.20. The Balaban J connectivity index is 1.90. The number of ether oxygens (including phenoxy) is 1. The first-order chi connectivity index (χ1) is 9.44. The number of hydrogen-bond donors (Lipinski definition) is 1. The van der Waals surface area contributed by atoms with Gasteiger partial charge in [-0.1, -0.05) is 6.42 Å². The Morgan fingerprint density at radius 3 is 2.65 bits per heavy atom. The van der Waals surface area contributed by atoms with E-state index in [0.29, 0.717) is 5.95 Å². The van der Waals surface area contributed by atoms with E-state index in [1.54, 1.807) is 18.5 Å². The van der Waals surface area contributed by atoms with Crippen LogP contribution in [-0.2, 0) is 9.53 Å². The summed E-state index contributed by atoms with van der Waals surface area (Å²) in [6.07, 6.45) is 7.18. The van der Waals surface area contributed by atoms with Gasteiger partial charge in [0.05, 0.1) is 5.92 Å². The van der Waals surface area contributed by atoms with Crippen molar-refractivity contribution in [2.24, 2.45) is 5.92 Å². The van der Waals surface area contributed by atoms with Gasteiger partial charge in [-0.05, 0) is 46.1 Å². The lowest BCUT2D eigenvalue weighted by Crippen LogP contribution is -2.35. The van der Waals surface area contributed by atoms with Crippen LogP contribution in [0.2, 0.25) is 0 Å². The van der Waals surface area contributed by atoms with Gasteiger partial charge in [-0.25, -0.2) is 9.97 Å². The first-order valence-electron chi connectivity index (χ1n) is 7.20. The molecule has 1 aliphatic carbocycles. The van der Waals surface area contributed by atoms with Crippen LogP contribution in [0, 0.1) is 5.92 Å². The molecule has 1 N–H and O–H groups in total. The van der Waals surface area contributed by atoms with Crippen molar-refractivity contribution in [3.05, 3.63) is 18.5 Å². The highest BCUT2D eigenvalue weighted by atomic mass is 16.6. The summed E-state index contributed by atoms with van der Waals surface area (Å²) in [7, 11) is 0. The predicted octanol–water partition coefficient (Wildman–Crippen LogP) is 2.79. The van der Waals surface area contributed by atoms with E-state index in [9.17, 15) is 4.79 Å². The number of carbonyl (C=O) groups is 1. The van der Waals surface area contributed by atoms with Crippen LogP contribution in [-0.4, -0.2) is 27.6 Å². The van der Waals surface area contributed by atoms with E-state index in [1.807, 2.05) is 20.8 Å². The third kappa shape index (κ3) is 4.47. The van der Waals surface area contributed by atoms with Crippen LogP contribution in [0.25, 0.3) is 0 Å². The van der Waals surface area contributed by atoms with Gasteiger partial charge in [0.15, 0.2) is 0 Å². The Morgan fingerprint density at radius 2 is 2.00 bits per heavy atom. The fraction of sp³-hybridized carbons (Fsp3) is 0.667. The van der Waals surface area contributed by atoms with Crippen LogP contribution in [0.4, 0.5) is 5.95 Å². The van der Waals surface area contributed by atoms with Gasteiger partial charge >= 0.3 is 5.97 Å². The molecule has 0 saturated heterocycles. The molecule has 0 unspecified atom stereocenters. The van der Waals surface area contributed by atoms with E-state index in [0.717, 1.165) is 25.7 Å².